The molecule has 1 aromatic rings. The molecule has 1 aromatic carbocycles. The van der Waals surface area contributed by atoms with Gasteiger partial charge in [-0.2, -0.15) is 0 Å². The maximum atomic E-state index is 12.0. The summed E-state index contributed by atoms with van der Waals surface area (Å²) < 4.78 is 17.0. The first-order chi connectivity index (χ1) is 14.5. The topological polar surface area (TPSA) is 84.4 Å². The van der Waals surface area contributed by atoms with Crippen molar-refractivity contribution in [2.75, 3.05) is 53.6 Å². The number of carbonyl (C=O) groups excluding carboxylic acids is 1. The number of nitrogens with zero attached hydrogens (tertiary/aromatic N) is 2. The van der Waals surface area contributed by atoms with Crippen molar-refractivity contribution in [1.82, 2.24) is 15.5 Å². The van der Waals surface area contributed by atoms with Gasteiger partial charge >= 0.3 is 0 Å². The molecule has 1 fully saturated rings. The maximum absolute atomic E-state index is 12.0. The standard InChI is InChI=1S/C22H36N4O4.HI/c1-5-28-11-6-10-23-22(25-15-21(27)26(3)4)24-14-18-8-7-17(2)13-20(18)30-19-9-12-29-16-19;/h7-8,13,19H,5-6,9-12,14-16H2,1-4H3,(H2,23,24,25);1H. The summed E-state index contributed by atoms with van der Waals surface area (Å²) in [6.45, 7) is 8.12. The van der Waals surface area contributed by atoms with Crippen LogP contribution in [-0.2, 0) is 20.8 Å². The van der Waals surface area contributed by atoms with Gasteiger partial charge in [-0.15, -0.1) is 24.0 Å². The molecule has 1 saturated heterocycles. The summed E-state index contributed by atoms with van der Waals surface area (Å²) in [5.74, 6) is 1.42. The third-order valence-corrected chi connectivity index (χ3v) is 4.68. The lowest BCUT2D eigenvalue weighted by molar-refractivity contribution is -0.127. The number of ether oxygens (including phenoxy) is 3. The van der Waals surface area contributed by atoms with Crippen LogP contribution in [0.15, 0.2) is 23.2 Å². The van der Waals surface area contributed by atoms with Crippen molar-refractivity contribution in [3.63, 3.8) is 0 Å². The summed E-state index contributed by atoms with van der Waals surface area (Å²) in [6, 6.07) is 6.14. The molecule has 0 radical (unpaired) electrons. The molecule has 0 aliphatic carbocycles. The second-order valence-electron chi connectivity index (χ2n) is 7.50. The fourth-order valence-corrected chi connectivity index (χ4v) is 2.87. The number of halogens is 1. The number of hydrogen-bond acceptors (Lipinski definition) is 5. The number of aryl methyl sites for hydroxylation is 1. The first-order valence-corrected chi connectivity index (χ1v) is 10.6. The fourth-order valence-electron chi connectivity index (χ4n) is 2.87. The van der Waals surface area contributed by atoms with Gasteiger partial charge in [0.1, 0.15) is 11.9 Å². The van der Waals surface area contributed by atoms with E-state index in [0.717, 1.165) is 36.3 Å². The molecule has 1 amide bonds. The minimum atomic E-state index is -0.0144. The predicted octanol–water partition coefficient (Wildman–Crippen LogP) is 2.33. The molecule has 1 aliphatic heterocycles. The van der Waals surface area contributed by atoms with Gasteiger partial charge in [-0.3, -0.25) is 4.79 Å². The zero-order valence-electron chi connectivity index (χ0n) is 19.1. The Balaban J connectivity index is 0.00000480. The number of rotatable bonds is 11. The van der Waals surface area contributed by atoms with Crippen molar-refractivity contribution in [3.05, 3.63) is 29.3 Å². The number of amides is 1. The van der Waals surface area contributed by atoms with Gasteiger partial charge in [-0.25, -0.2) is 4.99 Å². The molecule has 2 rings (SSSR count). The molecule has 1 heterocycles. The number of nitrogens with one attached hydrogen (secondary N) is 2. The monoisotopic (exact) mass is 548 g/mol. The van der Waals surface area contributed by atoms with Gasteiger partial charge in [-0.05, 0) is 31.9 Å². The molecule has 176 valence electrons. The van der Waals surface area contributed by atoms with Gasteiger partial charge in [0.05, 0.1) is 26.3 Å². The van der Waals surface area contributed by atoms with Crippen LogP contribution in [0.3, 0.4) is 0 Å². The van der Waals surface area contributed by atoms with Crippen molar-refractivity contribution in [2.24, 2.45) is 4.99 Å². The summed E-state index contributed by atoms with van der Waals surface area (Å²) in [7, 11) is 3.47. The molecule has 0 spiro atoms. The van der Waals surface area contributed by atoms with E-state index in [2.05, 4.69) is 21.7 Å². The Morgan fingerprint density at radius 1 is 1.32 bits per heavy atom. The van der Waals surface area contributed by atoms with Crippen LogP contribution in [0.25, 0.3) is 0 Å². The Labute approximate surface area is 203 Å². The van der Waals surface area contributed by atoms with E-state index < -0.39 is 0 Å². The third kappa shape index (κ3) is 10.5. The van der Waals surface area contributed by atoms with Crippen LogP contribution in [-0.4, -0.2) is 76.5 Å². The quantitative estimate of drug-likeness (QED) is 0.191. The van der Waals surface area contributed by atoms with Gasteiger partial charge in [0.15, 0.2) is 5.96 Å². The molecule has 2 N–H and O–H groups in total. The minimum absolute atomic E-state index is 0. The number of aliphatic imine (C=N–C) groups is 1. The van der Waals surface area contributed by atoms with E-state index in [4.69, 9.17) is 14.2 Å². The molecule has 0 saturated carbocycles. The Kier molecular flexibility index (Phi) is 13.5. The molecule has 0 aromatic heterocycles. The van der Waals surface area contributed by atoms with Crippen LogP contribution in [0.5, 0.6) is 5.75 Å². The predicted molar refractivity (Wildman–Crippen MR) is 133 cm³/mol. The van der Waals surface area contributed by atoms with Crippen molar-refractivity contribution >= 4 is 35.8 Å². The highest BCUT2D eigenvalue weighted by atomic mass is 127. The third-order valence-electron chi connectivity index (χ3n) is 4.68. The summed E-state index contributed by atoms with van der Waals surface area (Å²) in [5, 5.41) is 6.39. The number of likely N-dealkylation sites (N-methyl/N-ethyl adjacent to an activating group) is 1. The van der Waals surface area contributed by atoms with E-state index in [9.17, 15) is 4.79 Å². The number of guanidine groups is 1. The van der Waals surface area contributed by atoms with Crippen molar-refractivity contribution in [3.8, 4) is 5.75 Å². The highest BCUT2D eigenvalue weighted by molar-refractivity contribution is 14.0. The van der Waals surface area contributed by atoms with Crippen LogP contribution < -0.4 is 15.4 Å². The number of hydrogen-bond donors (Lipinski definition) is 2. The van der Waals surface area contributed by atoms with Crippen molar-refractivity contribution in [2.45, 2.75) is 39.3 Å². The Morgan fingerprint density at radius 2 is 2.13 bits per heavy atom. The van der Waals surface area contributed by atoms with E-state index in [0.29, 0.717) is 38.9 Å². The molecular formula is C22H37IN4O4. The summed E-state index contributed by atoms with van der Waals surface area (Å²) in [6.07, 6.45) is 1.84. The average molecular weight is 548 g/mol. The van der Waals surface area contributed by atoms with E-state index in [1.165, 1.54) is 0 Å². The Hall–Kier alpha value is -1.59. The van der Waals surface area contributed by atoms with Crippen LogP contribution in [0, 0.1) is 6.92 Å². The fraction of sp³-hybridized carbons (Fsp3) is 0.636. The van der Waals surface area contributed by atoms with Gasteiger partial charge in [0.25, 0.3) is 0 Å². The SMILES string of the molecule is CCOCCCNC(=NCc1ccc(C)cc1OC1CCOC1)NCC(=O)N(C)C.I. The second kappa shape index (κ2) is 15.3. The molecule has 1 aliphatic rings. The smallest absolute Gasteiger partial charge is 0.241 e. The van der Waals surface area contributed by atoms with E-state index in [1.807, 2.05) is 26.0 Å². The molecule has 9 heteroatoms. The highest BCUT2D eigenvalue weighted by Gasteiger charge is 2.18. The number of benzene rings is 1. The Morgan fingerprint density at radius 3 is 2.81 bits per heavy atom. The van der Waals surface area contributed by atoms with Gasteiger partial charge in [0.2, 0.25) is 5.91 Å². The van der Waals surface area contributed by atoms with E-state index in [-0.39, 0.29) is 42.5 Å². The normalized spacial score (nSPS) is 15.9. The second-order valence-corrected chi connectivity index (χ2v) is 7.50. The highest BCUT2D eigenvalue weighted by Crippen LogP contribution is 2.24. The first-order valence-electron chi connectivity index (χ1n) is 10.6. The molecule has 0 bridgehead atoms. The van der Waals surface area contributed by atoms with Gasteiger partial charge in [-0.1, -0.05) is 12.1 Å². The van der Waals surface area contributed by atoms with Crippen LogP contribution in [0.4, 0.5) is 0 Å². The molecule has 1 atom stereocenters. The largest absolute Gasteiger partial charge is 0.488 e. The van der Waals surface area contributed by atoms with Gasteiger partial charge < -0.3 is 29.7 Å². The van der Waals surface area contributed by atoms with Gasteiger partial charge in [0, 0.05) is 45.8 Å². The average Bonchev–Trinajstić information content (AvgIpc) is 3.23. The summed E-state index contributed by atoms with van der Waals surface area (Å²) >= 11 is 0. The lowest BCUT2D eigenvalue weighted by atomic mass is 10.1. The first kappa shape index (κ1) is 27.4. The summed E-state index contributed by atoms with van der Waals surface area (Å²) in [4.78, 5) is 18.2. The zero-order valence-corrected chi connectivity index (χ0v) is 21.4. The van der Waals surface area contributed by atoms with Crippen LogP contribution in [0.1, 0.15) is 30.9 Å². The van der Waals surface area contributed by atoms with E-state index in [1.54, 1.807) is 19.0 Å². The molecular weight excluding hydrogens is 511 g/mol. The molecule has 8 nitrogen and oxygen atoms in total. The van der Waals surface area contributed by atoms with Crippen molar-refractivity contribution < 1.29 is 19.0 Å². The maximum Gasteiger partial charge on any atom is 0.241 e. The lowest BCUT2D eigenvalue weighted by Crippen LogP contribution is -2.43. The lowest BCUT2D eigenvalue weighted by Gasteiger charge is -2.17. The minimum Gasteiger partial charge on any atom is -0.488 e. The van der Waals surface area contributed by atoms with Crippen molar-refractivity contribution in [1.29, 1.82) is 0 Å². The van der Waals surface area contributed by atoms with E-state index >= 15 is 0 Å². The number of carbonyl (C=O) groups is 1. The zero-order chi connectivity index (χ0) is 21.8. The van der Waals surface area contributed by atoms with Crippen LogP contribution >= 0.6 is 24.0 Å². The molecule has 31 heavy (non-hydrogen) atoms. The molecule has 1 unspecified atom stereocenters. The Bertz CT molecular complexity index is 694. The van der Waals surface area contributed by atoms with Crippen LogP contribution in [0.2, 0.25) is 0 Å². The summed E-state index contributed by atoms with van der Waals surface area (Å²) in [5.41, 5.74) is 2.14.